The van der Waals surface area contributed by atoms with Crippen LogP contribution < -0.4 is 0 Å². The van der Waals surface area contributed by atoms with Crippen LogP contribution in [0.25, 0.3) is 22.7 Å². The first-order chi connectivity index (χ1) is 10.8. The molecule has 0 aliphatic heterocycles. The van der Waals surface area contributed by atoms with E-state index in [2.05, 4.69) is 9.97 Å². The van der Waals surface area contributed by atoms with Gasteiger partial charge in [0.05, 0.1) is 11.8 Å². The molecule has 0 bridgehead atoms. The monoisotopic (exact) mass is 290 g/mol. The van der Waals surface area contributed by atoms with E-state index < -0.39 is 0 Å². The lowest BCUT2D eigenvalue weighted by Gasteiger charge is -1.97. The van der Waals surface area contributed by atoms with Crippen molar-refractivity contribution < 1.29 is 13.6 Å². The third-order valence-corrected chi connectivity index (χ3v) is 3.30. The topological polar surface area (TPSA) is 69.1 Å². The number of benzene rings is 1. The van der Waals surface area contributed by atoms with Gasteiger partial charge < -0.3 is 8.83 Å². The number of fused-ring (bicyclic) bond motifs is 1. The van der Waals surface area contributed by atoms with Crippen molar-refractivity contribution in [3.63, 3.8) is 0 Å². The van der Waals surface area contributed by atoms with E-state index in [1.165, 1.54) is 12.5 Å². The van der Waals surface area contributed by atoms with E-state index in [-0.39, 0.29) is 11.5 Å². The molecular formula is C17H10N2O3. The molecule has 0 aliphatic carbocycles. The molecule has 0 unspecified atom stereocenters. The zero-order valence-corrected chi connectivity index (χ0v) is 11.4. The molecule has 22 heavy (non-hydrogen) atoms. The van der Waals surface area contributed by atoms with E-state index in [0.29, 0.717) is 22.7 Å². The number of carbonyl (C=O) groups is 1. The van der Waals surface area contributed by atoms with E-state index in [4.69, 9.17) is 8.83 Å². The van der Waals surface area contributed by atoms with Crippen LogP contribution in [0.3, 0.4) is 0 Å². The number of rotatable bonds is 3. The Morgan fingerprint density at radius 2 is 1.86 bits per heavy atom. The Labute approximate surface area is 125 Å². The van der Waals surface area contributed by atoms with Gasteiger partial charge in [0.1, 0.15) is 0 Å². The summed E-state index contributed by atoms with van der Waals surface area (Å²) in [6.07, 6.45) is 3.00. The van der Waals surface area contributed by atoms with Gasteiger partial charge in [0.25, 0.3) is 0 Å². The fraction of sp³-hybridized carbons (Fsp3) is 0. The van der Waals surface area contributed by atoms with Gasteiger partial charge in [-0.25, -0.2) is 4.98 Å². The third-order valence-electron chi connectivity index (χ3n) is 3.30. The highest BCUT2D eigenvalue weighted by Gasteiger charge is 2.20. The second-order valence-corrected chi connectivity index (χ2v) is 4.70. The van der Waals surface area contributed by atoms with Crippen LogP contribution in [0.5, 0.6) is 0 Å². The summed E-state index contributed by atoms with van der Waals surface area (Å²) >= 11 is 0. The maximum atomic E-state index is 12.5. The van der Waals surface area contributed by atoms with Gasteiger partial charge in [0.2, 0.25) is 11.7 Å². The first-order valence-electron chi connectivity index (χ1n) is 6.72. The predicted octanol–water partition coefficient (Wildman–Crippen LogP) is 3.71. The summed E-state index contributed by atoms with van der Waals surface area (Å²) in [5.41, 5.74) is 1.98. The molecule has 0 aliphatic rings. The van der Waals surface area contributed by atoms with Crippen molar-refractivity contribution in [2.24, 2.45) is 0 Å². The second-order valence-electron chi connectivity index (χ2n) is 4.70. The smallest absolute Gasteiger partial charge is 0.232 e. The number of aromatic nitrogens is 2. The van der Waals surface area contributed by atoms with Gasteiger partial charge in [-0.1, -0.05) is 18.2 Å². The fourth-order valence-corrected chi connectivity index (χ4v) is 2.26. The van der Waals surface area contributed by atoms with Crippen LogP contribution in [-0.2, 0) is 0 Å². The van der Waals surface area contributed by atoms with Crippen molar-refractivity contribution in [1.29, 1.82) is 0 Å². The molecule has 3 aromatic heterocycles. The standard InChI is InChI=1S/C17H10N2O3/c20-14(13-7-4-10-21-13)12-8-9-18-16-15(12)22-17(19-16)11-5-2-1-3-6-11/h1-10H. The van der Waals surface area contributed by atoms with Crippen molar-refractivity contribution in [2.45, 2.75) is 0 Å². The van der Waals surface area contributed by atoms with E-state index >= 15 is 0 Å². The largest absolute Gasteiger partial charge is 0.461 e. The molecule has 106 valence electrons. The van der Waals surface area contributed by atoms with Crippen molar-refractivity contribution in [2.75, 3.05) is 0 Å². The van der Waals surface area contributed by atoms with Gasteiger partial charge in [0.15, 0.2) is 17.0 Å². The van der Waals surface area contributed by atoms with E-state index in [0.717, 1.165) is 5.56 Å². The Morgan fingerprint density at radius 3 is 2.64 bits per heavy atom. The maximum Gasteiger partial charge on any atom is 0.232 e. The van der Waals surface area contributed by atoms with Crippen molar-refractivity contribution >= 4 is 17.0 Å². The van der Waals surface area contributed by atoms with Crippen LogP contribution in [0.15, 0.2) is 69.8 Å². The molecule has 0 spiro atoms. The predicted molar refractivity (Wildman–Crippen MR) is 79.4 cm³/mol. The van der Waals surface area contributed by atoms with Crippen LogP contribution in [0, 0.1) is 0 Å². The summed E-state index contributed by atoms with van der Waals surface area (Å²) in [5, 5.41) is 0. The number of hydrogen-bond donors (Lipinski definition) is 0. The van der Waals surface area contributed by atoms with Crippen LogP contribution in [0.4, 0.5) is 0 Å². The van der Waals surface area contributed by atoms with Crippen LogP contribution in [-0.4, -0.2) is 15.8 Å². The van der Waals surface area contributed by atoms with Gasteiger partial charge in [-0.05, 0) is 30.3 Å². The molecule has 0 radical (unpaired) electrons. The van der Waals surface area contributed by atoms with E-state index in [9.17, 15) is 4.79 Å². The molecular weight excluding hydrogens is 280 g/mol. The van der Waals surface area contributed by atoms with Crippen molar-refractivity contribution in [1.82, 2.24) is 9.97 Å². The molecule has 0 saturated carbocycles. The number of carbonyl (C=O) groups excluding carboxylic acids is 1. The number of ketones is 1. The number of pyridine rings is 1. The summed E-state index contributed by atoms with van der Waals surface area (Å²) in [5.74, 6) is 0.432. The molecule has 4 aromatic rings. The quantitative estimate of drug-likeness (QED) is 0.538. The lowest BCUT2D eigenvalue weighted by molar-refractivity contribution is 0.101. The summed E-state index contributed by atoms with van der Waals surface area (Å²) in [4.78, 5) is 21.0. The van der Waals surface area contributed by atoms with Gasteiger partial charge in [-0.15, -0.1) is 0 Å². The molecule has 4 rings (SSSR count). The fourth-order valence-electron chi connectivity index (χ4n) is 2.26. The van der Waals surface area contributed by atoms with E-state index in [1.54, 1.807) is 18.2 Å². The Morgan fingerprint density at radius 1 is 1.00 bits per heavy atom. The second kappa shape index (κ2) is 4.96. The van der Waals surface area contributed by atoms with Gasteiger partial charge in [0, 0.05) is 11.8 Å². The number of furan rings is 1. The summed E-state index contributed by atoms with van der Waals surface area (Å²) in [7, 11) is 0. The lowest BCUT2D eigenvalue weighted by Crippen LogP contribution is -2.00. The minimum absolute atomic E-state index is 0.255. The zero-order chi connectivity index (χ0) is 14.9. The van der Waals surface area contributed by atoms with Crippen LogP contribution >= 0.6 is 0 Å². The molecule has 0 amide bonds. The summed E-state index contributed by atoms with van der Waals surface area (Å²) < 4.78 is 10.9. The first kappa shape index (κ1) is 12.5. The number of hydrogen-bond acceptors (Lipinski definition) is 5. The molecule has 5 nitrogen and oxygen atoms in total. The highest BCUT2D eigenvalue weighted by molar-refractivity contribution is 6.13. The molecule has 1 aromatic carbocycles. The zero-order valence-electron chi connectivity index (χ0n) is 11.4. The average molecular weight is 290 g/mol. The number of nitrogens with zero attached hydrogens (tertiary/aromatic N) is 2. The first-order valence-corrected chi connectivity index (χ1v) is 6.72. The van der Waals surface area contributed by atoms with E-state index in [1.807, 2.05) is 30.3 Å². The normalized spacial score (nSPS) is 10.9. The lowest BCUT2D eigenvalue weighted by atomic mass is 10.1. The Hall–Kier alpha value is -3.21. The Balaban J connectivity index is 1.87. The third kappa shape index (κ3) is 2.00. The van der Waals surface area contributed by atoms with Crippen LogP contribution in [0.2, 0.25) is 0 Å². The highest BCUT2D eigenvalue weighted by atomic mass is 16.4. The molecule has 0 atom stereocenters. The Bertz CT molecular complexity index is 941. The average Bonchev–Trinajstić information content (AvgIpc) is 3.24. The molecule has 0 N–H and O–H groups in total. The summed E-state index contributed by atoms with van der Waals surface area (Å²) in [6.45, 7) is 0. The molecule has 0 fully saturated rings. The minimum atomic E-state index is -0.256. The van der Waals surface area contributed by atoms with Gasteiger partial charge >= 0.3 is 0 Å². The van der Waals surface area contributed by atoms with Gasteiger partial charge in [-0.3, -0.25) is 4.79 Å². The summed E-state index contributed by atoms with van der Waals surface area (Å²) in [6, 6.07) is 14.4. The van der Waals surface area contributed by atoms with Crippen molar-refractivity contribution in [3.05, 3.63) is 72.3 Å². The molecule has 5 heteroatoms. The van der Waals surface area contributed by atoms with Crippen LogP contribution in [0.1, 0.15) is 16.1 Å². The van der Waals surface area contributed by atoms with Crippen molar-refractivity contribution in [3.8, 4) is 11.5 Å². The molecule has 3 heterocycles. The number of oxazole rings is 1. The SMILES string of the molecule is O=C(c1ccco1)c1ccnc2nc(-c3ccccc3)oc12. The maximum absolute atomic E-state index is 12.5. The Kier molecular flexibility index (Phi) is 2.83. The highest BCUT2D eigenvalue weighted by Crippen LogP contribution is 2.26. The van der Waals surface area contributed by atoms with Gasteiger partial charge in [-0.2, -0.15) is 4.98 Å². The molecule has 0 saturated heterocycles. The minimum Gasteiger partial charge on any atom is -0.461 e.